The first-order valence-electron chi connectivity index (χ1n) is 7.08. The lowest BCUT2D eigenvalue weighted by molar-refractivity contribution is 0.0712. The van der Waals surface area contributed by atoms with E-state index < -0.39 is 0 Å². The van der Waals surface area contributed by atoms with Crippen LogP contribution in [0.1, 0.15) is 23.7 Å². The van der Waals surface area contributed by atoms with Gasteiger partial charge in [0.15, 0.2) is 0 Å². The number of hydrogen-bond acceptors (Lipinski definition) is 2. The molecular weight excluding hydrogens is 340 g/mol. The maximum atomic E-state index is 12.8. The average molecular weight is 358 g/mol. The summed E-state index contributed by atoms with van der Waals surface area (Å²) in [7, 11) is 0. The maximum absolute atomic E-state index is 12.8. The Kier molecular flexibility index (Phi) is 4.07. The third-order valence-corrected chi connectivity index (χ3v) is 5.36. The first-order valence-corrected chi connectivity index (χ1v) is 8.25. The normalized spacial score (nSPS) is 28.8. The van der Waals surface area contributed by atoms with Crippen LogP contribution in [0.2, 0.25) is 5.02 Å². The summed E-state index contributed by atoms with van der Waals surface area (Å²) in [5, 5.41) is 3.96. The molecule has 5 heteroatoms. The van der Waals surface area contributed by atoms with Gasteiger partial charge in [-0.15, -0.1) is 0 Å². The Morgan fingerprint density at radius 3 is 3.00 bits per heavy atom. The maximum Gasteiger partial charge on any atom is 0.255 e. The highest BCUT2D eigenvalue weighted by atomic mass is 79.9. The van der Waals surface area contributed by atoms with E-state index in [-0.39, 0.29) is 5.91 Å². The van der Waals surface area contributed by atoms with Crippen LogP contribution in [0.4, 0.5) is 0 Å². The lowest BCUT2D eigenvalue weighted by Gasteiger charge is -2.27. The fourth-order valence-corrected chi connectivity index (χ4v) is 4.35. The molecule has 2 fully saturated rings. The monoisotopic (exact) mass is 356 g/mol. The number of amides is 1. The zero-order valence-electron chi connectivity index (χ0n) is 11.4. The van der Waals surface area contributed by atoms with Gasteiger partial charge in [-0.3, -0.25) is 4.79 Å². The van der Waals surface area contributed by atoms with Crippen molar-refractivity contribution in [1.82, 2.24) is 10.2 Å². The van der Waals surface area contributed by atoms with E-state index in [2.05, 4.69) is 28.2 Å². The molecule has 2 saturated heterocycles. The second-order valence-corrected chi connectivity index (χ2v) is 6.96. The van der Waals surface area contributed by atoms with Crippen molar-refractivity contribution in [2.45, 2.75) is 19.4 Å². The minimum atomic E-state index is 0.0729. The van der Waals surface area contributed by atoms with Crippen molar-refractivity contribution in [2.24, 2.45) is 11.8 Å². The molecule has 0 spiro atoms. The lowest BCUT2D eigenvalue weighted by Crippen LogP contribution is -2.39. The van der Waals surface area contributed by atoms with Gasteiger partial charge in [-0.25, -0.2) is 0 Å². The number of hydrogen-bond donors (Lipinski definition) is 1. The molecule has 0 radical (unpaired) electrons. The Bertz CT molecular complexity index is 537. The van der Waals surface area contributed by atoms with Crippen molar-refractivity contribution < 1.29 is 4.79 Å². The molecule has 1 aromatic carbocycles. The molecule has 20 heavy (non-hydrogen) atoms. The van der Waals surface area contributed by atoms with Crippen LogP contribution in [0.15, 0.2) is 22.7 Å². The number of carbonyl (C=O) groups excluding carboxylic acids is 1. The van der Waals surface area contributed by atoms with Gasteiger partial charge in [0, 0.05) is 30.1 Å². The highest BCUT2D eigenvalue weighted by Gasteiger charge is 2.45. The second kappa shape index (κ2) is 5.66. The zero-order valence-corrected chi connectivity index (χ0v) is 13.7. The van der Waals surface area contributed by atoms with Crippen molar-refractivity contribution >= 4 is 33.4 Å². The summed E-state index contributed by atoms with van der Waals surface area (Å²) in [4.78, 5) is 14.8. The largest absolute Gasteiger partial charge is 0.335 e. The molecule has 2 aliphatic rings. The number of nitrogens with one attached hydrogen (secondary N) is 1. The Hall–Kier alpha value is -0.580. The smallest absolute Gasteiger partial charge is 0.255 e. The van der Waals surface area contributed by atoms with Gasteiger partial charge >= 0.3 is 0 Å². The van der Waals surface area contributed by atoms with Gasteiger partial charge < -0.3 is 10.2 Å². The van der Waals surface area contributed by atoms with Crippen LogP contribution in [-0.2, 0) is 0 Å². The molecule has 3 atom stereocenters. The third-order valence-electron chi connectivity index (χ3n) is 4.56. The molecule has 2 heterocycles. The Balaban J connectivity index is 1.86. The van der Waals surface area contributed by atoms with Crippen molar-refractivity contribution in [3.8, 4) is 0 Å². The van der Waals surface area contributed by atoms with E-state index >= 15 is 0 Å². The Morgan fingerprint density at radius 2 is 2.30 bits per heavy atom. The summed E-state index contributed by atoms with van der Waals surface area (Å²) in [6.45, 7) is 5.07. The van der Waals surface area contributed by atoms with Gasteiger partial charge in [0.1, 0.15) is 0 Å². The molecule has 108 valence electrons. The van der Waals surface area contributed by atoms with E-state index in [1.807, 2.05) is 17.0 Å². The molecule has 3 unspecified atom stereocenters. The molecule has 3 rings (SSSR count). The Morgan fingerprint density at radius 1 is 1.50 bits per heavy atom. The van der Waals surface area contributed by atoms with Gasteiger partial charge in [0.25, 0.3) is 5.91 Å². The van der Waals surface area contributed by atoms with Crippen molar-refractivity contribution in [3.05, 3.63) is 33.3 Å². The average Bonchev–Trinajstić information content (AvgIpc) is 2.97. The molecule has 0 bridgehead atoms. The second-order valence-electron chi connectivity index (χ2n) is 5.64. The zero-order chi connectivity index (χ0) is 14.3. The third kappa shape index (κ3) is 2.38. The standard InChI is InChI=1S/C15H18BrClN2O/c1-2-14-12-7-18-6-9(12)8-19(14)15(20)11-4-3-10(16)5-13(11)17/h3-5,9,12,14,18H,2,6-8H2,1H3. The molecule has 1 N–H and O–H groups in total. The van der Waals surface area contributed by atoms with Gasteiger partial charge in [-0.05, 0) is 36.5 Å². The molecule has 0 aliphatic carbocycles. The molecular formula is C15H18BrClN2O. The SMILES string of the molecule is CCC1C2CNCC2CN1C(=O)c1ccc(Br)cc1Cl. The summed E-state index contributed by atoms with van der Waals surface area (Å²) in [6, 6.07) is 5.81. The van der Waals surface area contributed by atoms with Crippen LogP contribution in [0, 0.1) is 11.8 Å². The molecule has 0 saturated carbocycles. The van der Waals surface area contributed by atoms with Gasteiger partial charge in [0.2, 0.25) is 0 Å². The van der Waals surface area contributed by atoms with E-state index in [0.717, 1.165) is 30.5 Å². The topological polar surface area (TPSA) is 32.3 Å². The molecule has 0 aromatic heterocycles. The van der Waals surface area contributed by atoms with Gasteiger partial charge in [0.05, 0.1) is 10.6 Å². The summed E-state index contributed by atoms with van der Waals surface area (Å²) in [5.74, 6) is 1.26. The minimum Gasteiger partial charge on any atom is -0.335 e. The summed E-state index contributed by atoms with van der Waals surface area (Å²) in [5.41, 5.74) is 0.612. The summed E-state index contributed by atoms with van der Waals surface area (Å²) >= 11 is 9.60. The van der Waals surface area contributed by atoms with E-state index in [1.54, 1.807) is 6.07 Å². The highest BCUT2D eigenvalue weighted by Crippen LogP contribution is 2.36. The van der Waals surface area contributed by atoms with Crippen LogP contribution >= 0.6 is 27.5 Å². The molecule has 1 amide bonds. The fourth-order valence-electron chi connectivity index (χ4n) is 3.60. The highest BCUT2D eigenvalue weighted by molar-refractivity contribution is 9.10. The Labute approximate surface area is 132 Å². The number of likely N-dealkylation sites (tertiary alicyclic amines) is 1. The first-order chi connectivity index (χ1) is 9.61. The quantitative estimate of drug-likeness (QED) is 0.882. The predicted molar refractivity (Wildman–Crippen MR) is 84.1 cm³/mol. The van der Waals surface area contributed by atoms with Gasteiger partial charge in [-0.1, -0.05) is 34.5 Å². The van der Waals surface area contributed by atoms with E-state index in [1.165, 1.54) is 0 Å². The van der Waals surface area contributed by atoms with Gasteiger partial charge in [-0.2, -0.15) is 0 Å². The van der Waals surface area contributed by atoms with Crippen LogP contribution in [0.25, 0.3) is 0 Å². The van der Waals surface area contributed by atoms with Crippen molar-refractivity contribution in [1.29, 1.82) is 0 Å². The summed E-state index contributed by atoms with van der Waals surface area (Å²) < 4.78 is 0.897. The number of nitrogens with zero attached hydrogens (tertiary/aromatic N) is 1. The van der Waals surface area contributed by atoms with Crippen LogP contribution in [0.3, 0.4) is 0 Å². The van der Waals surface area contributed by atoms with Crippen LogP contribution in [0.5, 0.6) is 0 Å². The molecule has 3 nitrogen and oxygen atoms in total. The predicted octanol–water partition coefficient (Wildman–Crippen LogP) is 3.17. The van der Waals surface area contributed by atoms with E-state index in [4.69, 9.17) is 11.6 Å². The van der Waals surface area contributed by atoms with E-state index in [9.17, 15) is 4.79 Å². The number of fused-ring (bicyclic) bond motifs is 1. The lowest BCUT2D eigenvalue weighted by atomic mass is 9.93. The number of carbonyl (C=O) groups is 1. The van der Waals surface area contributed by atoms with Crippen molar-refractivity contribution in [2.75, 3.05) is 19.6 Å². The molecule has 1 aromatic rings. The fraction of sp³-hybridized carbons (Fsp3) is 0.533. The van der Waals surface area contributed by atoms with Crippen LogP contribution < -0.4 is 5.32 Å². The first kappa shape index (κ1) is 14.4. The minimum absolute atomic E-state index is 0.0729. The number of halogens is 2. The van der Waals surface area contributed by atoms with Crippen LogP contribution in [-0.4, -0.2) is 36.5 Å². The summed E-state index contributed by atoms with van der Waals surface area (Å²) in [6.07, 6.45) is 1.00. The number of benzene rings is 1. The number of rotatable bonds is 2. The molecule has 2 aliphatic heterocycles. The van der Waals surface area contributed by atoms with E-state index in [0.29, 0.717) is 28.5 Å². The van der Waals surface area contributed by atoms with Crippen molar-refractivity contribution in [3.63, 3.8) is 0 Å².